The van der Waals surface area contributed by atoms with Crippen LogP contribution in [0.3, 0.4) is 0 Å². The Morgan fingerprint density at radius 3 is 1.41 bits per heavy atom. The van der Waals surface area contributed by atoms with E-state index in [0.717, 1.165) is 0 Å². The lowest BCUT2D eigenvalue weighted by molar-refractivity contribution is 0.221. The molecular weight excluding hydrogens is 865 g/mol. The van der Waals surface area contributed by atoms with Crippen LogP contribution in [-0.2, 0) is 0 Å². The molecule has 8 aromatic rings. The van der Waals surface area contributed by atoms with Gasteiger partial charge in [-0.15, -0.1) is 0 Å². The highest BCUT2D eigenvalue weighted by Gasteiger charge is 2.48. The molecule has 0 bridgehead atoms. The van der Waals surface area contributed by atoms with Crippen molar-refractivity contribution in [3.05, 3.63) is 212 Å². The number of hydrogen-bond acceptors (Lipinski definition) is 12. The van der Waals surface area contributed by atoms with Crippen molar-refractivity contribution in [2.75, 3.05) is 0 Å². The van der Waals surface area contributed by atoms with Crippen LogP contribution in [0.2, 0.25) is 0 Å². The van der Waals surface area contributed by atoms with Gasteiger partial charge in [0.1, 0.15) is 81.2 Å². The summed E-state index contributed by atoms with van der Waals surface area (Å²) in [7, 11) is 0. The summed E-state index contributed by atoms with van der Waals surface area (Å²) in [5, 5.41) is 110. The maximum atomic E-state index is 12.1. The first kappa shape index (κ1) is 41.8. The summed E-state index contributed by atoms with van der Waals surface area (Å²) in [4.78, 5) is 0. The summed E-state index contributed by atoms with van der Waals surface area (Å²) in [6.07, 6.45) is 2.15. The van der Waals surface area contributed by atoms with Gasteiger partial charge in [-0.3, -0.25) is 0 Å². The molecule has 10 N–H and O–H groups in total. The first-order valence-corrected chi connectivity index (χ1v) is 21.8. The van der Waals surface area contributed by atoms with Crippen molar-refractivity contribution in [2.45, 2.75) is 35.9 Å². The highest BCUT2D eigenvalue weighted by Crippen LogP contribution is 2.63. The Morgan fingerprint density at radius 1 is 0.309 bits per heavy atom. The van der Waals surface area contributed by atoms with E-state index in [4.69, 9.17) is 9.47 Å². The van der Waals surface area contributed by atoms with Crippen LogP contribution < -0.4 is 9.47 Å². The summed E-state index contributed by atoms with van der Waals surface area (Å²) in [5.41, 5.74) is 6.91. The zero-order valence-electron chi connectivity index (χ0n) is 35.8. The van der Waals surface area contributed by atoms with Crippen LogP contribution in [0.15, 0.2) is 146 Å². The minimum absolute atomic E-state index is 0.00509. The van der Waals surface area contributed by atoms with Crippen molar-refractivity contribution in [3.63, 3.8) is 0 Å². The molecule has 8 aromatic carbocycles. The van der Waals surface area contributed by atoms with Gasteiger partial charge in [-0.1, -0.05) is 54.6 Å². The van der Waals surface area contributed by atoms with Gasteiger partial charge in [-0.05, 0) is 123 Å². The maximum absolute atomic E-state index is 12.1. The highest BCUT2D eigenvalue weighted by molar-refractivity contribution is 5.77. The van der Waals surface area contributed by atoms with Crippen LogP contribution in [0.1, 0.15) is 103 Å². The van der Waals surface area contributed by atoms with Crippen molar-refractivity contribution in [1.29, 1.82) is 0 Å². The molecule has 11 rings (SSSR count). The summed E-state index contributed by atoms with van der Waals surface area (Å²) in [5.74, 6) is -3.17. The van der Waals surface area contributed by atoms with Crippen molar-refractivity contribution >= 4 is 12.2 Å². The molecule has 0 radical (unpaired) electrons. The molecule has 6 atom stereocenters. The van der Waals surface area contributed by atoms with Crippen molar-refractivity contribution in [3.8, 4) is 69.0 Å². The second kappa shape index (κ2) is 15.9. The average molecular weight is 907 g/mol. The molecule has 3 aliphatic rings. The van der Waals surface area contributed by atoms with Gasteiger partial charge in [0.15, 0.2) is 0 Å². The molecule has 0 saturated heterocycles. The van der Waals surface area contributed by atoms with E-state index in [9.17, 15) is 51.1 Å². The number of aromatic hydroxyl groups is 10. The normalized spacial score (nSPS) is 19.9. The number of rotatable bonds is 7. The average Bonchev–Trinajstić information content (AvgIpc) is 3.84. The first-order valence-electron chi connectivity index (χ1n) is 21.8. The minimum Gasteiger partial charge on any atom is -0.508 e. The lowest BCUT2D eigenvalue weighted by Gasteiger charge is -2.31. The van der Waals surface area contributed by atoms with Crippen LogP contribution >= 0.6 is 0 Å². The fraction of sp³-hybridized carbons (Fsp3) is 0.107. The van der Waals surface area contributed by atoms with E-state index in [1.54, 1.807) is 97.1 Å². The van der Waals surface area contributed by atoms with Gasteiger partial charge in [-0.2, -0.15) is 0 Å². The minimum atomic E-state index is -0.859. The molecule has 0 saturated carbocycles. The topological polar surface area (TPSA) is 221 Å². The van der Waals surface area contributed by atoms with Gasteiger partial charge in [0.2, 0.25) is 0 Å². The molecule has 2 heterocycles. The molecule has 0 spiro atoms. The molecule has 68 heavy (non-hydrogen) atoms. The van der Waals surface area contributed by atoms with Crippen molar-refractivity contribution in [1.82, 2.24) is 0 Å². The van der Waals surface area contributed by atoms with E-state index in [1.807, 2.05) is 0 Å². The van der Waals surface area contributed by atoms with E-state index in [1.165, 1.54) is 60.7 Å². The Labute approximate surface area is 388 Å². The Kier molecular flexibility index (Phi) is 9.78. The smallest absolute Gasteiger partial charge is 0.135 e. The third kappa shape index (κ3) is 7.10. The number of phenolic OH excluding ortho intramolecular Hbond substituents is 10. The Morgan fingerprint density at radius 2 is 0.809 bits per heavy atom. The largest absolute Gasteiger partial charge is 0.508 e. The molecule has 2 aliphatic heterocycles. The molecule has 0 fully saturated rings. The summed E-state index contributed by atoms with van der Waals surface area (Å²) in [6, 6.07) is 38.0. The molecular formula is C56H42O12. The highest BCUT2D eigenvalue weighted by atomic mass is 16.5. The standard InChI is InChI=1S/C56H42O12/c57-33-10-4-28(5-11-33)49-51(42-23-40(64)26-47-53(42)54(43-22-39(63)24-45(66)52(43)49)56(68-47)30-8-14-35(59)15-9-30)41-17-27(2-16-44(41)65)1-3-31-18-38(62)25-46-48(31)50(32-19-36(60)21-37(61)20-32)55(67-46)29-6-12-34(58)13-7-29/h1-26,49-51,54-66H/b3-1-/t49-,50+,51-,54+,55-,56-/m1/s1. The second-order valence-electron chi connectivity index (χ2n) is 17.6. The summed E-state index contributed by atoms with van der Waals surface area (Å²) < 4.78 is 13.2. The fourth-order valence-electron chi connectivity index (χ4n) is 10.6. The molecule has 0 unspecified atom stereocenters. The van der Waals surface area contributed by atoms with Crippen molar-refractivity contribution < 1.29 is 60.5 Å². The third-order valence-corrected chi connectivity index (χ3v) is 13.4. The van der Waals surface area contributed by atoms with E-state index >= 15 is 0 Å². The van der Waals surface area contributed by atoms with Gasteiger partial charge in [0, 0.05) is 58.4 Å². The predicted octanol–water partition coefficient (Wildman–Crippen LogP) is 10.7. The van der Waals surface area contributed by atoms with Gasteiger partial charge in [0.25, 0.3) is 0 Å². The van der Waals surface area contributed by atoms with Crippen LogP contribution in [0.5, 0.6) is 69.0 Å². The zero-order valence-corrected chi connectivity index (χ0v) is 35.8. The summed E-state index contributed by atoms with van der Waals surface area (Å²) >= 11 is 0. The van der Waals surface area contributed by atoms with Crippen molar-refractivity contribution in [2.24, 2.45) is 0 Å². The molecule has 1 aliphatic carbocycles. The third-order valence-electron chi connectivity index (χ3n) is 13.4. The van der Waals surface area contributed by atoms with Gasteiger partial charge >= 0.3 is 0 Å². The fourth-order valence-corrected chi connectivity index (χ4v) is 10.6. The van der Waals surface area contributed by atoms with Crippen LogP contribution in [0.4, 0.5) is 0 Å². The predicted molar refractivity (Wildman–Crippen MR) is 251 cm³/mol. The molecule has 12 nitrogen and oxygen atoms in total. The molecule has 338 valence electrons. The van der Waals surface area contributed by atoms with E-state index in [0.29, 0.717) is 78.3 Å². The number of benzene rings is 8. The monoisotopic (exact) mass is 906 g/mol. The van der Waals surface area contributed by atoms with Crippen LogP contribution in [-0.4, -0.2) is 51.1 Å². The van der Waals surface area contributed by atoms with Gasteiger partial charge < -0.3 is 60.5 Å². The number of fused-ring (bicyclic) bond motifs is 3. The van der Waals surface area contributed by atoms with Crippen LogP contribution in [0, 0.1) is 0 Å². The Bertz CT molecular complexity index is 3310. The lowest BCUT2D eigenvalue weighted by atomic mass is 9.72. The molecule has 0 amide bonds. The van der Waals surface area contributed by atoms with Gasteiger partial charge in [-0.25, -0.2) is 0 Å². The number of ether oxygens (including phenoxy) is 2. The SMILES string of the molecule is Oc1ccc([C@H]2c3c(O)cc(O)cc3[C@H]3c4c(cc(O)cc4[C@H]2c2cc(/C=C\c4cc(O)cc5c4[C@H](c4cc(O)cc(O)c4)[C@@H](c4ccc(O)cc4)O5)ccc2O)O[C@@H]3c2ccc(O)cc2)cc1. The lowest BCUT2D eigenvalue weighted by Crippen LogP contribution is -2.16. The first-order chi connectivity index (χ1) is 32.8. The van der Waals surface area contributed by atoms with E-state index in [-0.39, 0.29) is 57.5 Å². The Balaban J connectivity index is 1.10. The number of hydrogen-bond donors (Lipinski definition) is 10. The van der Waals surface area contributed by atoms with E-state index < -0.39 is 35.9 Å². The summed E-state index contributed by atoms with van der Waals surface area (Å²) in [6.45, 7) is 0. The second-order valence-corrected chi connectivity index (χ2v) is 17.6. The quantitative estimate of drug-likeness (QED) is 0.0675. The van der Waals surface area contributed by atoms with Crippen LogP contribution in [0.25, 0.3) is 12.2 Å². The Hall–Kier alpha value is -8.90. The molecule has 12 heteroatoms. The van der Waals surface area contributed by atoms with E-state index in [2.05, 4.69) is 0 Å². The number of phenols is 10. The molecule has 0 aromatic heterocycles. The zero-order chi connectivity index (χ0) is 47.1. The maximum Gasteiger partial charge on any atom is 0.135 e. The van der Waals surface area contributed by atoms with Gasteiger partial charge in [0.05, 0.1) is 11.8 Å².